The number of thiocarbonyl (C=S) groups is 1. The molecule has 1 fully saturated rings. The molecule has 4 aromatic rings. The van der Waals surface area contributed by atoms with Gasteiger partial charge in [-0.1, -0.05) is 30.3 Å². The lowest BCUT2D eigenvalue weighted by atomic mass is 10.0. The van der Waals surface area contributed by atoms with Crippen LogP contribution in [-0.2, 0) is 0 Å². The van der Waals surface area contributed by atoms with Crippen LogP contribution >= 0.6 is 12.2 Å². The molecule has 33 heavy (non-hydrogen) atoms. The van der Waals surface area contributed by atoms with Gasteiger partial charge in [-0.25, -0.2) is 4.79 Å². The van der Waals surface area contributed by atoms with E-state index in [-0.39, 0.29) is 17.4 Å². The molecule has 1 aliphatic rings. The number of anilines is 1. The van der Waals surface area contributed by atoms with Crippen molar-refractivity contribution >= 4 is 29.0 Å². The summed E-state index contributed by atoms with van der Waals surface area (Å²) in [5.74, 6) is 0.337. The van der Waals surface area contributed by atoms with Gasteiger partial charge in [-0.15, -0.1) is 0 Å². The Bertz CT molecular complexity index is 1320. The van der Waals surface area contributed by atoms with E-state index < -0.39 is 12.0 Å². The summed E-state index contributed by atoms with van der Waals surface area (Å²) in [5.41, 5.74) is 2.30. The number of nitrogens with one attached hydrogen (secondary N) is 1. The van der Waals surface area contributed by atoms with Crippen LogP contribution < -0.4 is 10.2 Å². The molecule has 0 saturated carbocycles. The molecular formula is C25H19N3O4S. The summed E-state index contributed by atoms with van der Waals surface area (Å²) in [7, 11) is 0. The highest BCUT2D eigenvalue weighted by atomic mass is 32.1. The second-order valence-electron chi connectivity index (χ2n) is 7.57. The van der Waals surface area contributed by atoms with Crippen molar-refractivity contribution in [3.63, 3.8) is 0 Å². The number of pyridine rings is 1. The number of benzene rings is 2. The molecule has 2 aromatic carbocycles. The van der Waals surface area contributed by atoms with Gasteiger partial charge in [-0.2, -0.15) is 0 Å². The van der Waals surface area contributed by atoms with Gasteiger partial charge in [0.05, 0.1) is 23.0 Å². The maximum absolute atomic E-state index is 11.2. The molecule has 164 valence electrons. The van der Waals surface area contributed by atoms with E-state index in [9.17, 15) is 9.90 Å². The summed E-state index contributed by atoms with van der Waals surface area (Å²) in [6, 6.07) is 22.1. The van der Waals surface area contributed by atoms with Crippen LogP contribution in [0.1, 0.15) is 33.9 Å². The molecule has 3 heterocycles. The van der Waals surface area contributed by atoms with Crippen LogP contribution in [0.25, 0.3) is 11.3 Å². The highest BCUT2D eigenvalue weighted by Gasteiger charge is 2.43. The third kappa shape index (κ3) is 3.81. The largest absolute Gasteiger partial charge is 0.506 e. The summed E-state index contributed by atoms with van der Waals surface area (Å²) in [6.45, 7) is 0. The maximum atomic E-state index is 11.2. The van der Waals surface area contributed by atoms with Gasteiger partial charge < -0.3 is 24.8 Å². The van der Waals surface area contributed by atoms with Crippen molar-refractivity contribution in [2.24, 2.45) is 0 Å². The van der Waals surface area contributed by atoms with Crippen molar-refractivity contribution in [2.45, 2.75) is 12.1 Å². The predicted octanol–water partition coefficient (Wildman–Crippen LogP) is 4.92. The van der Waals surface area contributed by atoms with Crippen LogP contribution in [-0.4, -0.2) is 26.3 Å². The van der Waals surface area contributed by atoms with E-state index in [1.807, 2.05) is 41.3 Å². The number of carboxylic acid groups (broad SMARTS) is 1. The molecule has 5 rings (SSSR count). The molecule has 0 spiro atoms. The molecule has 0 bridgehead atoms. The number of hydrogen-bond acceptors (Lipinski definition) is 5. The van der Waals surface area contributed by atoms with Crippen molar-refractivity contribution in [2.75, 3.05) is 4.90 Å². The molecule has 1 saturated heterocycles. The van der Waals surface area contributed by atoms with Crippen LogP contribution in [0.5, 0.6) is 5.75 Å². The van der Waals surface area contributed by atoms with Gasteiger partial charge in [-0.3, -0.25) is 4.98 Å². The fraction of sp³-hybridized carbons (Fsp3) is 0.0800. The van der Waals surface area contributed by atoms with E-state index in [0.717, 1.165) is 11.3 Å². The van der Waals surface area contributed by atoms with Crippen molar-refractivity contribution < 1.29 is 19.4 Å². The molecular weight excluding hydrogens is 438 g/mol. The van der Waals surface area contributed by atoms with Gasteiger partial charge in [-0.05, 0) is 60.7 Å². The average molecular weight is 458 g/mol. The van der Waals surface area contributed by atoms with Crippen molar-refractivity contribution in [3.05, 3.63) is 102 Å². The number of hydrogen-bond donors (Lipinski definition) is 3. The van der Waals surface area contributed by atoms with Crippen LogP contribution in [0.3, 0.4) is 0 Å². The molecule has 7 nitrogen and oxygen atoms in total. The van der Waals surface area contributed by atoms with E-state index >= 15 is 0 Å². The normalized spacial score (nSPS) is 17.7. The van der Waals surface area contributed by atoms with E-state index in [1.54, 1.807) is 36.5 Å². The lowest BCUT2D eigenvalue weighted by molar-refractivity contribution is 0.0697. The smallest absolute Gasteiger partial charge is 0.335 e. The van der Waals surface area contributed by atoms with Gasteiger partial charge in [0.2, 0.25) is 0 Å². The number of phenols is 1. The molecule has 0 aliphatic carbocycles. The quantitative estimate of drug-likeness (QED) is 0.363. The molecule has 8 heteroatoms. The number of para-hydroxylation sites is 2. The Kier molecular flexibility index (Phi) is 5.27. The van der Waals surface area contributed by atoms with Crippen molar-refractivity contribution in [1.82, 2.24) is 10.3 Å². The summed E-state index contributed by atoms with van der Waals surface area (Å²) >= 11 is 5.65. The Hall–Kier alpha value is -4.17. The summed E-state index contributed by atoms with van der Waals surface area (Å²) in [4.78, 5) is 17.5. The SMILES string of the molecule is O=C(O)c1ccc(-c2ccc([C@@H]3[C@H](c4ccccn4)NC(=S)N3c3ccccc3O)o2)cc1. The van der Waals surface area contributed by atoms with E-state index in [2.05, 4.69) is 10.3 Å². The summed E-state index contributed by atoms with van der Waals surface area (Å²) in [6.07, 6.45) is 1.72. The Morgan fingerprint density at radius 2 is 1.76 bits per heavy atom. The van der Waals surface area contributed by atoms with Crippen molar-refractivity contribution in [1.29, 1.82) is 0 Å². The average Bonchev–Trinajstić information content (AvgIpc) is 3.45. The zero-order valence-corrected chi connectivity index (χ0v) is 18.1. The topological polar surface area (TPSA) is 98.8 Å². The minimum atomic E-state index is -0.983. The van der Waals surface area contributed by atoms with Gasteiger partial charge in [0.1, 0.15) is 23.3 Å². The molecule has 0 amide bonds. The monoisotopic (exact) mass is 457 g/mol. The molecule has 3 N–H and O–H groups in total. The Morgan fingerprint density at radius 1 is 1.00 bits per heavy atom. The number of phenolic OH excluding ortho intramolecular Hbond substituents is 1. The minimum Gasteiger partial charge on any atom is -0.506 e. The Morgan fingerprint density at radius 3 is 2.45 bits per heavy atom. The van der Waals surface area contributed by atoms with Crippen LogP contribution in [0.15, 0.2) is 89.5 Å². The molecule has 1 aliphatic heterocycles. The van der Waals surface area contributed by atoms with Gasteiger partial charge in [0.25, 0.3) is 0 Å². The number of nitrogens with zero attached hydrogens (tertiary/aromatic N) is 2. The third-order valence-corrected chi connectivity index (χ3v) is 5.89. The third-order valence-electron chi connectivity index (χ3n) is 5.57. The first-order chi connectivity index (χ1) is 16.0. The van der Waals surface area contributed by atoms with E-state index in [4.69, 9.17) is 21.7 Å². The van der Waals surface area contributed by atoms with Gasteiger partial charge >= 0.3 is 5.97 Å². The zero-order chi connectivity index (χ0) is 22.9. The lowest BCUT2D eigenvalue weighted by Gasteiger charge is -2.26. The zero-order valence-electron chi connectivity index (χ0n) is 17.3. The predicted molar refractivity (Wildman–Crippen MR) is 127 cm³/mol. The fourth-order valence-electron chi connectivity index (χ4n) is 4.02. The molecule has 2 atom stereocenters. The van der Waals surface area contributed by atoms with Crippen LogP contribution in [0, 0.1) is 0 Å². The summed E-state index contributed by atoms with van der Waals surface area (Å²) < 4.78 is 6.25. The minimum absolute atomic E-state index is 0.101. The molecule has 0 unspecified atom stereocenters. The highest BCUT2D eigenvalue weighted by Crippen LogP contribution is 2.45. The van der Waals surface area contributed by atoms with E-state index in [1.165, 1.54) is 12.1 Å². The number of aromatic carboxylic acids is 1. The number of aromatic hydroxyl groups is 1. The first-order valence-electron chi connectivity index (χ1n) is 10.2. The first kappa shape index (κ1) is 20.7. The number of furan rings is 1. The van der Waals surface area contributed by atoms with E-state index in [0.29, 0.717) is 22.3 Å². The number of aromatic nitrogens is 1. The first-order valence-corrected chi connectivity index (χ1v) is 10.7. The summed E-state index contributed by atoms with van der Waals surface area (Å²) in [5, 5.41) is 23.4. The van der Waals surface area contributed by atoms with Crippen LogP contribution in [0.2, 0.25) is 0 Å². The number of carbonyl (C=O) groups is 1. The Balaban J connectivity index is 1.58. The second kappa shape index (κ2) is 8.40. The maximum Gasteiger partial charge on any atom is 0.335 e. The highest BCUT2D eigenvalue weighted by molar-refractivity contribution is 7.80. The van der Waals surface area contributed by atoms with Crippen molar-refractivity contribution in [3.8, 4) is 17.1 Å². The van der Waals surface area contributed by atoms with Crippen LogP contribution in [0.4, 0.5) is 5.69 Å². The fourth-order valence-corrected chi connectivity index (χ4v) is 4.35. The lowest BCUT2D eigenvalue weighted by Crippen LogP contribution is -2.29. The van der Waals surface area contributed by atoms with Gasteiger partial charge in [0, 0.05) is 11.8 Å². The van der Waals surface area contributed by atoms with Gasteiger partial charge in [0.15, 0.2) is 5.11 Å². The molecule has 0 radical (unpaired) electrons. The number of rotatable bonds is 5. The number of carboxylic acids is 1. The molecule has 2 aromatic heterocycles. The second-order valence-corrected chi connectivity index (χ2v) is 7.96. The Labute approximate surface area is 194 Å². The standard InChI is InChI=1S/C25H19N3O4S/c29-19-7-2-1-6-18(19)28-23(22(27-25(28)33)17-5-3-4-14-26-17)21-13-12-20(32-21)15-8-10-16(11-9-15)24(30)31/h1-14,22-23,29H,(H,27,33)(H,30,31)/t22-,23+/m0/s1.